The Labute approximate surface area is 228 Å². The lowest BCUT2D eigenvalue weighted by atomic mass is 10.1. The molecule has 7 nitrogen and oxygen atoms in total. The first-order valence-electron chi connectivity index (χ1n) is 14.1. The predicted molar refractivity (Wildman–Crippen MR) is 151 cm³/mol. The van der Waals surface area contributed by atoms with Crippen LogP contribution in [0.1, 0.15) is 55.6 Å². The first-order valence-corrected chi connectivity index (χ1v) is 14.1. The van der Waals surface area contributed by atoms with Gasteiger partial charge in [-0.25, -0.2) is 19.0 Å². The van der Waals surface area contributed by atoms with Crippen LogP contribution in [-0.4, -0.2) is 56.7 Å². The topological polar surface area (TPSA) is 67.2 Å². The Balaban J connectivity index is 1.27. The molecule has 2 aromatic heterocycles. The summed E-state index contributed by atoms with van der Waals surface area (Å²) < 4.78 is 15.4. The van der Waals surface area contributed by atoms with Crippen LogP contribution in [0.15, 0.2) is 54.6 Å². The quantitative estimate of drug-likeness (QED) is 0.321. The van der Waals surface area contributed by atoms with E-state index in [1.165, 1.54) is 17.7 Å². The summed E-state index contributed by atoms with van der Waals surface area (Å²) in [5.41, 5.74) is 3.62. The van der Waals surface area contributed by atoms with Crippen LogP contribution in [0.2, 0.25) is 0 Å². The van der Waals surface area contributed by atoms with E-state index < -0.39 is 0 Å². The highest BCUT2D eigenvalue weighted by Crippen LogP contribution is 2.48. The van der Waals surface area contributed by atoms with Crippen molar-refractivity contribution >= 4 is 22.8 Å². The van der Waals surface area contributed by atoms with Gasteiger partial charge in [-0.3, -0.25) is 4.79 Å². The second-order valence-corrected chi connectivity index (χ2v) is 10.8. The zero-order valence-electron chi connectivity index (χ0n) is 22.7. The molecule has 8 heteroatoms. The van der Waals surface area contributed by atoms with Crippen molar-refractivity contribution in [1.29, 1.82) is 0 Å². The normalized spacial score (nSPS) is 19.4. The summed E-state index contributed by atoms with van der Waals surface area (Å²) in [4.78, 5) is 27.7. The van der Waals surface area contributed by atoms with E-state index in [-0.39, 0.29) is 17.6 Å². The number of unbranched alkanes of at least 4 members (excludes halogenated alkanes) is 1. The van der Waals surface area contributed by atoms with Gasteiger partial charge in [-0.1, -0.05) is 43.7 Å². The van der Waals surface area contributed by atoms with Gasteiger partial charge < -0.3 is 9.80 Å². The lowest BCUT2D eigenvalue weighted by Gasteiger charge is -2.24. The minimum Gasteiger partial charge on any atom is -0.354 e. The lowest BCUT2D eigenvalue weighted by Crippen LogP contribution is -2.36. The lowest BCUT2D eigenvalue weighted by molar-refractivity contribution is -0.132. The summed E-state index contributed by atoms with van der Waals surface area (Å²) in [5, 5.41) is 5.72. The number of amides is 1. The number of halogens is 1. The second kappa shape index (κ2) is 10.8. The SMILES string of the molecule is CCCCc1nc(N2CCCN(C(=O)[C@@H]3C[C@H]3c3ccccc3)CC2)c2c(C)nn(-c3ccc(F)cc3)c2n1. The van der Waals surface area contributed by atoms with Gasteiger partial charge in [0, 0.05) is 38.5 Å². The number of hydrogen-bond acceptors (Lipinski definition) is 5. The highest BCUT2D eigenvalue weighted by molar-refractivity contribution is 5.91. The average Bonchev–Trinajstić information content (AvgIpc) is 3.74. The molecule has 1 saturated carbocycles. The molecule has 0 unspecified atom stereocenters. The largest absolute Gasteiger partial charge is 0.354 e. The Kier molecular flexibility index (Phi) is 7.02. The Morgan fingerprint density at radius 1 is 1.00 bits per heavy atom. The fourth-order valence-electron chi connectivity index (χ4n) is 5.76. The van der Waals surface area contributed by atoms with Crippen molar-refractivity contribution in [3.8, 4) is 5.69 Å². The van der Waals surface area contributed by atoms with E-state index in [1.54, 1.807) is 16.8 Å². The molecule has 2 atom stereocenters. The second-order valence-electron chi connectivity index (χ2n) is 10.8. The van der Waals surface area contributed by atoms with Gasteiger partial charge in [-0.05, 0) is 61.9 Å². The van der Waals surface area contributed by atoms with Crippen LogP contribution in [0.5, 0.6) is 0 Å². The number of nitrogens with zero attached hydrogens (tertiary/aromatic N) is 6. The van der Waals surface area contributed by atoms with Gasteiger partial charge in [0.25, 0.3) is 0 Å². The number of aromatic nitrogens is 4. The highest BCUT2D eigenvalue weighted by Gasteiger charge is 2.45. The molecule has 0 spiro atoms. The van der Waals surface area contributed by atoms with Crippen molar-refractivity contribution < 1.29 is 9.18 Å². The highest BCUT2D eigenvalue weighted by atomic mass is 19.1. The standard InChI is InChI=1S/C31H35FN6O/c1-3-4-11-27-33-29(28-21(2)35-38(30(28)34-27)24-14-12-23(32)13-15-24)36-16-8-17-37(19-18-36)31(39)26-20-25(26)22-9-6-5-7-10-22/h5-7,9-10,12-15,25-26H,3-4,8,11,16-20H2,1-2H3/t25-,26+/m0/s1. The van der Waals surface area contributed by atoms with Crippen LogP contribution in [-0.2, 0) is 11.2 Å². The molecule has 0 radical (unpaired) electrons. The third-order valence-corrected chi connectivity index (χ3v) is 8.00. The summed E-state index contributed by atoms with van der Waals surface area (Å²) in [5.74, 6) is 2.13. The molecule has 6 rings (SSSR count). The van der Waals surface area contributed by atoms with Crippen molar-refractivity contribution in [3.63, 3.8) is 0 Å². The molecule has 1 aliphatic heterocycles. The molecule has 0 N–H and O–H groups in total. The van der Waals surface area contributed by atoms with Crippen molar-refractivity contribution in [1.82, 2.24) is 24.6 Å². The van der Waals surface area contributed by atoms with Crippen molar-refractivity contribution in [3.05, 3.63) is 77.5 Å². The number of benzene rings is 2. The Bertz CT molecular complexity index is 1470. The van der Waals surface area contributed by atoms with Gasteiger partial charge in [0.2, 0.25) is 5.91 Å². The molecule has 2 fully saturated rings. The summed E-state index contributed by atoms with van der Waals surface area (Å²) >= 11 is 0. The summed E-state index contributed by atoms with van der Waals surface area (Å²) in [6.07, 6.45) is 4.67. The molecule has 0 bridgehead atoms. The fraction of sp³-hybridized carbons (Fsp3) is 0.419. The summed E-state index contributed by atoms with van der Waals surface area (Å²) in [6, 6.07) is 16.7. The Morgan fingerprint density at radius 3 is 2.56 bits per heavy atom. The average molecular weight is 527 g/mol. The van der Waals surface area contributed by atoms with Gasteiger partial charge in [-0.2, -0.15) is 5.10 Å². The van der Waals surface area contributed by atoms with E-state index in [4.69, 9.17) is 15.1 Å². The molecule has 1 saturated heterocycles. The third kappa shape index (κ3) is 5.12. The summed E-state index contributed by atoms with van der Waals surface area (Å²) in [7, 11) is 0. The van der Waals surface area contributed by atoms with E-state index >= 15 is 0 Å². The molecule has 1 amide bonds. The van der Waals surface area contributed by atoms with E-state index in [2.05, 4.69) is 41.0 Å². The third-order valence-electron chi connectivity index (χ3n) is 8.00. The van der Waals surface area contributed by atoms with Gasteiger partial charge in [-0.15, -0.1) is 0 Å². The zero-order valence-corrected chi connectivity index (χ0v) is 22.7. The minimum atomic E-state index is -0.282. The molecule has 1 aliphatic carbocycles. The van der Waals surface area contributed by atoms with Gasteiger partial charge >= 0.3 is 0 Å². The van der Waals surface area contributed by atoms with Crippen LogP contribution >= 0.6 is 0 Å². The maximum absolute atomic E-state index is 13.6. The first kappa shape index (κ1) is 25.5. The Hall–Kier alpha value is -3.81. The van der Waals surface area contributed by atoms with E-state index in [9.17, 15) is 9.18 Å². The number of carbonyl (C=O) groups excluding carboxylic acids is 1. The van der Waals surface area contributed by atoms with Crippen LogP contribution in [0.4, 0.5) is 10.2 Å². The molecule has 4 aromatic rings. The number of aryl methyl sites for hydroxylation is 2. The van der Waals surface area contributed by atoms with Gasteiger partial charge in [0.15, 0.2) is 5.65 Å². The predicted octanol–water partition coefficient (Wildman–Crippen LogP) is 5.45. The number of fused-ring (bicyclic) bond motifs is 1. The van der Waals surface area contributed by atoms with Crippen LogP contribution in [0, 0.1) is 18.7 Å². The molecule has 3 heterocycles. The van der Waals surface area contributed by atoms with Crippen LogP contribution in [0.3, 0.4) is 0 Å². The van der Waals surface area contributed by atoms with E-state index in [0.29, 0.717) is 12.5 Å². The molecular formula is C31H35FN6O. The maximum atomic E-state index is 13.6. The van der Waals surface area contributed by atoms with E-state index in [0.717, 1.165) is 85.8 Å². The molecule has 39 heavy (non-hydrogen) atoms. The zero-order chi connectivity index (χ0) is 26.9. The minimum absolute atomic E-state index is 0.0986. The van der Waals surface area contributed by atoms with Crippen LogP contribution < -0.4 is 4.90 Å². The molecule has 202 valence electrons. The van der Waals surface area contributed by atoms with Crippen molar-refractivity contribution in [2.75, 3.05) is 31.1 Å². The Morgan fingerprint density at radius 2 is 1.79 bits per heavy atom. The number of carbonyl (C=O) groups is 1. The fourth-order valence-corrected chi connectivity index (χ4v) is 5.76. The number of hydrogen-bond donors (Lipinski definition) is 0. The molecular weight excluding hydrogens is 491 g/mol. The first-order chi connectivity index (χ1) is 19.0. The smallest absolute Gasteiger partial charge is 0.226 e. The number of rotatable bonds is 7. The summed E-state index contributed by atoms with van der Waals surface area (Å²) in [6.45, 7) is 7.11. The van der Waals surface area contributed by atoms with Crippen molar-refractivity contribution in [2.45, 2.75) is 51.9 Å². The maximum Gasteiger partial charge on any atom is 0.226 e. The van der Waals surface area contributed by atoms with E-state index in [1.807, 2.05) is 13.0 Å². The van der Waals surface area contributed by atoms with Crippen molar-refractivity contribution in [2.24, 2.45) is 5.92 Å². The van der Waals surface area contributed by atoms with Gasteiger partial charge in [0.05, 0.1) is 16.8 Å². The molecule has 2 aromatic carbocycles. The van der Waals surface area contributed by atoms with Gasteiger partial charge in [0.1, 0.15) is 17.5 Å². The monoisotopic (exact) mass is 526 g/mol. The molecule has 2 aliphatic rings. The number of anilines is 1. The van der Waals surface area contributed by atoms with Crippen LogP contribution in [0.25, 0.3) is 16.7 Å².